The number of quaternary nitrogens is 1. The van der Waals surface area contributed by atoms with Crippen molar-refractivity contribution < 1.29 is 14.4 Å². The summed E-state index contributed by atoms with van der Waals surface area (Å²) in [6.07, 6.45) is 0. The highest BCUT2D eigenvalue weighted by atomic mass is 16.5. The van der Waals surface area contributed by atoms with Gasteiger partial charge in [-0.25, -0.2) is 4.79 Å². The van der Waals surface area contributed by atoms with Crippen LogP contribution in [0.2, 0.25) is 0 Å². The molecule has 21 heavy (non-hydrogen) atoms. The molecule has 1 aromatic carbocycles. The average Bonchev–Trinajstić information content (AvgIpc) is 2.78. The number of ether oxygens (including phenoxy) is 1. The molecule has 0 fully saturated rings. The maximum absolute atomic E-state index is 12.1. The standard InChI is InChI=1S/C17H24N2O2/c1-5-19(6-2)9-10-21-17(20)14-7-8-16-15(11-14)12(3)13(4)18-16/h7-8,11,18H,5-6,9-10H2,1-4H3/p+1. The van der Waals surface area contributed by atoms with E-state index in [2.05, 4.69) is 25.8 Å². The minimum Gasteiger partial charge on any atom is -0.456 e. The predicted molar refractivity (Wildman–Crippen MR) is 85.0 cm³/mol. The Bertz CT molecular complexity index is 627. The number of nitrogens with one attached hydrogen (secondary N) is 2. The molecule has 0 aliphatic carbocycles. The Morgan fingerprint density at radius 3 is 2.62 bits per heavy atom. The van der Waals surface area contributed by atoms with Crippen molar-refractivity contribution >= 4 is 16.9 Å². The third-order valence-electron chi connectivity index (χ3n) is 4.23. The van der Waals surface area contributed by atoms with Crippen LogP contribution < -0.4 is 4.90 Å². The first-order valence-corrected chi connectivity index (χ1v) is 7.66. The first-order valence-electron chi connectivity index (χ1n) is 7.66. The first kappa shape index (κ1) is 15.6. The molecule has 2 aromatic rings. The molecule has 0 unspecified atom stereocenters. The first-order chi connectivity index (χ1) is 10.1. The lowest BCUT2D eigenvalue weighted by Crippen LogP contribution is -3.11. The molecule has 0 saturated carbocycles. The predicted octanol–water partition coefficient (Wildman–Crippen LogP) is 1.87. The molecule has 2 rings (SSSR count). The van der Waals surface area contributed by atoms with Gasteiger partial charge in [-0.05, 0) is 51.5 Å². The van der Waals surface area contributed by atoms with Crippen molar-refractivity contribution in [3.63, 3.8) is 0 Å². The molecular weight excluding hydrogens is 264 g/mol. The van der Waals surface area contributed by atoms with E-state index in [0.717, 1.165) is 36.2 Å². The minimum atomic E-state index is -0.235. The van der Waals surface area contributed by atoms with Crippen molar-refractivity contribution in [2.75, 3.05) is 26.2 Å². The number of aryl methyl sites for hydroxylation is 2. The van der Waals surface area contributed by atoms with Crippen molar-refractivity contribution in [2.24, 2.45) is 0 Å². The largest absolute Gasteiger partial charge is 0.456 e. The number of hydrogen-bond acceptors (Lipinski definition) is 2. The number of aromatic nitrogens is 1. The van der Waals surface area contributed by atoms with Crippen LogP contribution >= 0.6 is 0 Å². The van der Waals surface area contributed by atoms with Gasteiger partial charge >= 0.3 is 5.97 Å². The van der Waals surface area contributed by atoms with E-state index >= 15 is 0 Å². The van der Waals surface area contributed by atoms with Gasteiger partial charge in [0.25, 0.3) is 0 Å². The van der Waals surface area contributed by atoms with E-state index < -0.39 is 0 Å². The highest BCUT2D eigenvalue weighted by Crippen LogP contribution is 2.22. The van der Waals surface area contributed by atoms with E-state index in [-0.39, 0.29) is 5.97 Å². The molecule has 0 aliphatic heterocycles. The molecule has 4 heteroatoms. The molecular formula is C17H25N2O2+. The minimum absolute atomic E-state index is 0.235. The van der Waals surface area contributed by atoms with Crippen molar-refractivity contribution in [2.45, 2.75) is 27.7 Å². The monoisotopic (exact) mass is 289 g/mol. The molecule has 1 heterocycles. The Balaban J connectivity index is 2.04. The van der Waals surface area contributed by atoms with Crippen LogP contribution in [0, 0.1) is 13.8 Å². The highest BCUT2D eigenvalue weighted by molar-refractivity contribution is 5.96. The fourth-order valence-electron chi connectivity index (χ4n) is 2.56. The van der Waals surface area contributed by atoms with Crippen LogP contribution in [-0.2, 0) is 4.74 Å². The van der Waals surface area contributed by atoms with Crippen molar-refractivity contribution in [1.82, 2.24) is 4.98 Å². The number of aromatic amines is 1. The van der Waals surface area contributed by atoms with E-state index in [1.807, 2.05) is 25.1 Å². The molecule has 0 radical (unpaired) electrons. The van der Waals surface area contributed by atoms with Crippen LogP contribution in [0.3, 0.4) is 0 Å². The Morgan fingerprint density at radius 2 is 1.95 bits per heavy atom. The van der Waals surface area contributed by atoms with Gasteiger partial charge in [0.15, 0.2) is 0 Å². The molecule has 0 spiro atoms. The molecule has 0 amide bonds. The van der Waals surface area contributed by atoms with Gasteiger partial charge in [-0.2, -0.15) is 0 Å². The quantitative estimate of drug-likeness (QED) is 0.798. The topological polar surface area (TPSA) is 46.5 Å². The van der Waals surface area contributed by atoms with Crippen molar-refractivity contribution in [1.29, 1.82) is 0 Å². The summed E-state index contributed by atoms with van der Waals surface area (Å²) in [5.41, 5.74) is 4.01. The van der Waals surface area contributed by atoms with Gasteiger partial charge in [-0.1, -0.05) is 0 Å². The Kier molecular flexibility index (Phi) is 5.02. The SMILES string of the molecule is CC[NH+](CC)CCOC(=O)c1ccc2[nH]c(C)c(C)c2c1. The van der Waals surface area contributed by atoms with Crippen LogP contribution in [-0.4, -0.2) is 37.2 Å². The van der Waals surface area contributed by atoms with E-state index in [1.165, 1.54) is 10.5 Å². The number of likely N-dealkylation sites (N-methyl/N-ethyl adjacent to an activating group) is 1. The van der Waals surface area contributed by atoms with E-state index in [4.69, 9.17) is 4.74 Å². The molecule has 114 valence electrons. The molecule has 0 atom stereocenters. The van der Waals surface area contributed by atoms with Gasteiger partial charge in [0, 0.05) is 16.6 Å². The zero-order valence-electron chi connectivity index (χ0n) is 13.4. The lowest BCUT2D eigenvalue weighted by Gasteiger charge is -2.15. The van der Waals surface area contributed by atoms with Crippen molar-refractivity contribution in [3.8, 4) is 0 Å². The normalized spacial score (nSPS) is 11.3. The Hall–Kier alpha value is -1.81. The summed E-state index contributed by atoms with van der Waals surface area (Å²) in [6.45, 7) is 11.8. The number of benzene rings is 1. The second-order valence-electron chi connectivity index (χ2n) is 5.48. The van der Waals surface area contributed by atoms with Crippen LogP contribution in [0.25, 0.3) is 10.9 Å². The molecule has 1 aromatic heterocycles. The summed E-state index contributed by atoms with van der Waals surface area (Å²) in [4.78, 5) is 16.9. The number of carbonyl (C=O) groups is 1. The lowest BCUT2D eigenvalue weighted by atomic mass is 10.1. The number of esters is 1. The second kappa shape index (κ2) is 6.76. The van der Waals surface area contributed by atoms with E-state index in [9.17, 15) is 4.79 Å². The van der Waals surface area contributed by atoms with Crippen LogP contribution in [0.15, 0.2) is 18.2 Å². The van der Waals surface area contributed by atoms with E-state index in [1.54, 1.807) is 0 Å². The maximum Gasteiger partial charge on any atom is 0.338 e. The Labute approximate surface area is 126 Å². The van der Waals surface area contributed by atoms with Crippen molar-refractivity contribution in [3.05, 3.63) is 35.0 Å². The van der Waals surface area contributed by atoms with Gasteiger partial charge in [0.1, 0.15) is 13.2 Å². The van der Waals surface area contributed by atoms with Gasteiger partial charge in [0.05, 0.1) is 18.7 Å². The maximum atomic E-state index is 12.1. The summed E-state index contributed by atoms with van der Waals surface area (Å²) in [5.74, 6) is -0.235. The van der Waals surface area contributed by atoms with Gasteiger partial charge < -0.3 is 14.6 Å². The average molecular weight is 289 g/mol. The third kappa shape index (κ3) is 3.45. The third-order valence-corrected chi connectivity index (χ3v) is 4.23. The fraction of sp³-hybridized carbons (Fsp3) is 0.471. The summed E-state index contributed by atoms with van der Waals surface area (Å²) in [6, 6.07) is 5.69. The number of carbonyl (C=O) groups excluding carboxylic acids is 1. The summed E-state index contributed by atoms with van der Waals surface area (Å²) in [7, 11) is 0. The number of H-pyrrole nitrogens is 1. The van der Waals surface area contributed by atoms with Gasteiger partial charge in [-0.3, -0.25) is 0 Å². The van der Waals surface area contributed by atoms with Gasteiger partial charge in [-0.15, -0.1) is 0 Å². The summed E-state index contributed by atoms with van der Waals surface area (Å²) < 4.78 is 5.39. The molecule has 2 N–H and O–H groups in total. The second-order valence-corrected chi connectivity index (χ2v) is 5.48. The number of hydrogen-bond donors (Lipinski definition) is 2. The zero-order valence-corrected chi connectivity index (χ0v) is 13.4. The van der Waals surface area contributed by atoms with Crippen LogP contribution in [0.1, 0.15) is 35.5 Å². The molecule has 4 nitrogen and oxygen atoms in total. The molecule has 0 aliphatic rings. The highest BCUT2D eigenvalue weighted by Gasteiger charge is 2.12. The smallest absolute Gasteiger partial charge is 0.338 e. The van der Waals surface area contributed by atoms with Crippen LogP contribution in [0.5, 0.6) is 0 Å². The summed E-state index contributed by atoms with van der Waals surface area (Å²) in [5, 5.41) is 1.09. The van der Waals surface area contributed by atoms with Crippen LogP contribution in [0.4, 0.5) is 0 Å². The zero-order chi connectivity index (χ0) is 15.4. The number of rotatable bonds is 6. The fourth-order valence-corrected chi connectivity index (χ4v) is 2.56. The van der Waals surface area contributed by atoms with Gasteiger partial charge in [0.2, 0.25) is 0 Å². The van der Waals surface area contributed by atoms with E-state index in [0.29, 0.717) is 12.2 Å². The molecule has 0 saturated heterocycles. The molecule has 0 bridgehead atoms. The Morgan fingerprint density at radius 1 is 1.24 bits per heavy atom. The lowest BCUT2D eigenvalue weighted by molar-refractivity contribution is -0.896. The summed E-state index contributed by atoms with van der Waals surface area (Å²) >= 11 is 0. The number of fused-ring (bicyclic) bond motifs is 1.